The molecule has 0 saturated heterocycles. The number of carbonyl (C=O) groups is 1. The molecule has 0 saturated carbocycles. The Morgan fingerprint density at radius 2 is 1.90 bits per heavy atom. The smallest absolute Gasteiger partial charge is 0.335 e. The number of rotatable bonds is 3. The molecule has 0 aliphatic carbocycles. The maximum Gasteiger partial charge on any atom is 0.335 e. The van der Waals surface area contributed by atoms with Crippen LogP contribution in [0.15, 0.2) is 55.1 Å². The van der Waals surface area contributed by atoms with Crippen molar-refractivity contribution in [2.24, 2.45) is 0 Å². The van der Waals surface area contributed by atoms with Gasteiger partial charge in [-0.2, -0.15) is 5.10 Å². The van der Waals surface area contributed by atoms with E-state index < -0.39 is 5.97 Å². The van der Waals surface area contributed by atoms with Gasteiger partial charge in [-0.3, -0.25) is 0 Å². The van der Waals surface area contributed by atoms with Gasteiger partial charge in [-0.15, -0.1) is 0 Å². The van der Waals surface area contributed by atoms with E-state index in [9.17, 15) is 4.79 Å². The summed E-state index contributed by atoms with van der Waals surface area (Å²) in [6.45, 7) is 2.01. The highest BCUT2D eigenvalue weighted by Crippen LogP contribution is 2.25. The topological polar surface area (TPSA) is 68.0 Å². The van der Waals surface area contributed by atoms with Crippen molar-refractivity contribution in [2.45, 2.75) is 6.92 Å². The molecule has 0 unspecified atom stereocenters. The van der Waals surface area contributed by atoms with Crippen molar-refractivity contribution >= 4 is 5.97 Å². The Balaban J connectivity index is 1.97. The number of hydrogen-bond acceptors (Lipinski definition) is 3. The molecule has 0 spiro atoms. The fraction of sp³-hybridized carbons (Fsp3) is 0.0625. The molecule has 1 aromatic heterocycles. The molecule has 0 aliphatic rings. The van der Waals surface area contributed by atoms with Gasteiger partial charge in [0.25, 0.3) is 0 Å². The molecule has 0 radical (unpaired) electrons. The zero-order valence-electron chi connectivity index (χ0n) is 11.4. The second-order valence-electron chi connectivity index (χ2n) is 4.72. The van der Waals surface area contributed by atoms with Crippen LogP contribution in [-0.2, 0) is 0 Å². The molecule has 1 heterocycles. The maximum atomic E-state index is 10.9. The van der Waals surface area contributed by atoms with Crippen LogP contribution in [0, 0.1) is 6.92 Å². The molecule has 1 N–H and O–H groups in total. The molecular weight excluding hydrogens is 266 g/mol. The molecule has 0 atom stereocenters. The quantitative estimate of drug-likeness (QED) is 0.800. The Bertz CT molecular complexity index is 778. The second-order valence-corrected chi connectivity index (χ2v) is 4.72. The fourth-order valence-electron chi connectivity index (χ4n) is 2.25. The number of aromatic carboxylic acids is 1. The molecule has 3 rings (SSSR count). The van der Waals surface area contributed by atoms with Crippen molar-refractivity contribution < 1.29 is 9.90 Å². The Morgan fingerprint density at radius 3 is 2.48 bits per heavy atom. The van der Waals surface area contributed by atoms with Crippen LogP contribution in [0.25, 0.3) is 16.8 Å². The van der Waals surface area contributed by atoms with Crippen LogP contribution in [0.2, 0.25) is 0 Å². The first kappa shape index (κ1) is 13.1. The van der Waals surface area contributed by atoms with E-state index in [0.29, 0.717) is 0 Å². The summed E-state index contributed by atoms with van der Waals surface area (Å²) in [6, 6.07) is 12.9. The van der Waals surface area contributed by atoms with Gasteiger partial charge in [0.1, 0.15) is 12.7 Å². The summed E-state index contributed by atoms with van der Waals surface area (Å²) in [5.41, 5.74) is 4.37. The van der Waals surface area contributed by atoms with Crippen molar-refractivity contribution in [1.29, 1.82) is 0 Å². The third-order valence-electron chi connectivity index (χ3n) is 3.34. The molecular formula is C16H13N3O2. The van der Waals surface area contributed by atoms with Gasteiger partial charge in [0.05, 0.1) is 11.3 Å². The van der Waals surface area contributed by atoms with E-state index in [1.165, 1.54) is 6.33 Å². The molecule has 0 aliphatic heterocycles. The molecule has 2 aromatic carbocycles. The predicted molar refractivity (Wildman–Crippen MR) is 78.5 cm³/mol. The predicted octanol–water partition coefficient (Wildman–Crippen LogP) is 2.94. The van der Waals surface area contributed by atoms with E-state index in [-0.39, 0.29) is 5.56 Å². The lowest BCUT2D eigenvalue weighted by molar-refractivity contribution is 0.0697. The minimum absolute atomic E-state index is 0.288. The molecule has 3 aromatic rings. The number of aryl methyl sites for hydroxylation is 1. The first-order chi connectivity index (χ1) is 10.1. The second kappa shape index (κ2) is 5.20. The summed E-state index contributed by atoms with van der Waals surface area (Å²) in [7, 11) is 0. The number of aromatic nitrogens is 3. The summed E-state index contributed by atoms with van der Waals surface area (Å²) in [5, 5.41) is 13.0. The third kappa shape index (κ3) is 2.53. The van der Waals surface area contributed by atoms with Crippen LogP contribution in [-0.4, -0.2) is 25.8 Å². The Morgan fingerprint density at radius 1 is 1.14 bits per heavy atom. The summed E-state index contributed by atoms with van der Waals surface area (Å²) in [6.07, 6.45) is 3.14. The summed E-state index contributed by atoms with van der Waals surface area (Å²) in [4.78, 5) is 14.8. The first-order valence-electron chi connectivity index (χ1n) is 6.44. The molecule has 5 heteroatoms. The Labute approximate surface area is 121 Å². The van der Waals surface area contributed by atoms with Crippen LogP contribution in [0.4, 0.5) is 0 Å². The average Bonchev–Trinajstić information content (AvgIpc) is 3.01. The number of nitrogens with zero attached hydrogens (tertiary/aromatic N) is 3. The van der Waals surface area contributed by atoms with Gasteiger partial charge in [0, 0.05) is 0 Å². The van der Waals surface area contributed by atoms with Crippen molar-refractivity contribution in [3.8, 4) is 16.8 Å². The maximum absolute atomic E-state index is 10.9. The van der Waals surface area contributed by atoms with Crippen molar-refractivity contribution in [1.82, 2.24) is 14.8 Å². The van der Waals surface area contributed by atoms with Crippen LogP contribution >= 0.6 is 0 Å². The first-order valence-corrected chi connectivity index (χ1v) is 6.44. The van der Waals surface area contributed by atoms with Crippen molar-refractivity contribution in [3.05, 3.63) is 66.2 Å². The van der Waals surface area contributed by atoms with Gasteiger partial charge in [-0.05, 0) is 47.9 Å². The Hall–Kier alpha value is -2.95. The van der Waals surface area contributed by atoms with E-state index in [1.807, 2.05) is 37.3 Å². The summed E-state index contributed by atoms with van der Waals surface area (Å²) < 4.78 is 1.70. The van der Waals surface area contributed by atoms with Crippen LogP contribution in [0.3, 0.4) is 0 Å². The van der Waals surface area contributed by atoms with Crippen LogP contribution < -0.4 is 0 Å². The van der Waals surface area contributed by atoms with Crippen molar-refractivity contribution in [3.63, 3.8) is 0 Å². The zero-order valence-corrected chi connectivity index (χ0v) is 11.4. The zero-order chi connectivity index (χ0) is 14.8. The van der Waals surface area contributed by atoms with Crippen LogP contribution in [0.5, 0.6) is 0 Å². The number of carboxylic acid groups (broad SMARTS) is 1. The molecule has 5 nitrogen and oxygen atoms in total. The summed E-state index contributed by atoms with van der Waals surface area (Å²) >= 11 is 0. The molecule has 104 valence electrons. The monoisotopic (exact) mass is 279 g/mol. The largest absolute Gasteiger partial charge is 0.478 e. The lowest BCUT2D eigenvalue weighted by Crippen LogP contribution is -1.97. The van der Waals surface area contributed by atoms with E-state index in [0.717, 1.165) is 22.4 Å². The Kier molecular flexibility index (Phi) is 3.23. The molecule has 0 bridgehead atoms. The van der Waals surface area contributed by atoms with Crippen LogP contribution in [0.1, 0.15) is 15.9 Å². The fourth-order valence-corrected chi connectivity index (χ4v) is 2.25. The van der Waals surface area contributed by atoms with Gasteiger partial charge < -0.3 is 5.11 Å². The molecule has 21 heavy (non-hydrogen) atoms. The highest BCUT2D eigenvalue weighted by Gasteiger charge is 2.07. The standard InChI is InChI=1S/C16H13N3O2/c1-11-8-14(19-10-17-9-18-19)6-7-15(11)12-2-4-13(5-3-12)16(20)21/h2-10H,1H3,(H,20,21). The number of benzene rings is 2. The SMILES string of the molecule is Cc1cc(-n2cncn2)ccc1-c1ccc(C(=O)O)cc1. The minimum atomic E-state index is -0.917. The van der Waals surface area contributed by atoms with Gasteiger partial charge in [-0.1, -0.05) is 18.2 Å². The number of hydrogen-bond donors (Lipinski definition) is 1. The molecule has 0 fully saturated rings. The van der Waals surface area contributed by atoms with Gasteiger partial charge >= 0.3 is 5.97 Å². The number of carboxylic acids is 1. The lowest BCUT2D eigenvalue weighted by atomic mass is 9.99. The van der Waals surface area contributed by atoms with E-state index >= 15 is 0 Å². The average molecular weight is 279 g/mol. The van der Waals surface area contributed by atoms with Crippen molar-refractivity contribution in [2.75, 3.05) is 0 Å². The third-order valence-corrected chi connectivity index (χ3v) is 3.34. The van der Waals surface area contributed by atoms with Gasteiger partial charge in [-0.25, -0.2) is 14.5 Å². The van der Waals surface area contributed by atoms with E-state index in [1.54, 1.807) is 23.1 Å². The minimum Gasteiger partial charge on any atom is -0.478 e. The molecule has 0 amide bonds. The highest BCUT2D eigenvalue weighted by molar-refractivity contribution is 5.88. The normalized spacial score (nSPS) is 10.5. The van der Waals surface area contributed by atoms with Gasteiger partial charge in [0.15, 0.2) is 0 Å². The van der Waals surface area contributed by atoms with E-state index in [4.69, 9.17) is 5.11 Å². The van der Waals surface area contributed by atoms with E-state index in [2.05, 4.69) is 10.1 Å². The highest BCUT2D eigenvalue weighted by atomic mass is 16.4. The van der Waals surface area contributed by atoms with Gasteiger partial charge in [0.2, 0.25) is 0 Å². The summed E-state index contributed by atoms with van der Waals surface area (Å²) in [5.74, 6) is -0.917. The lowest BCUT2D eigenvalue weighted by Gasteiger charge is -2.09.